The van der Waals surface area contributed by atoms with E-state index < -0.39 is 0 Å². The van der Waals surface area contributed by atoms with Crippen LogP contribution in [0.4, 0.5) is 5.69 Å². The van der Waals surface area contributed by atoms with Crippen LogP contribution in [0, 0.1) is 0 Å². The molecule has 3 nitrogen and oxygen atoms in total. The Balaban J connectivity index is 2.02. The molecular weight excluding hydrogens is 214 g/mol. The molecule has 0 radical (unpaired) electrons. The molecule has 2 N–H and O–H groups in total. The van der Waals surface area contributed by atoms with E-state index in [0.717, 1.165) is 31.8 Å². The van der Waals surface area contributed by atoms with E-state index in [4.69, 9.17) is 26.8 Å². The van der Waals surface area contributed by atoms with E-state index in [1.54, 1.807) is 18.2 Å². The number of rotatable bonds is 2. The molecule has 2 rings (SSSR count). The van der Waals surface area contributed by atoms with E-state index in [1.807, 2.05) is 0 Å². The monoisotopic (exact) mass is 227 g/mol. The van der Waals surface area contributed by atoms with Gasteiger partial charge in [0.25, 0.3) is 0 Å². The molecule has 1 aromatic rings. The fourth-order valence-corrected chi connectivity index (χ4v) is 1.87. The van der Waals surface area contributed by atoms with Crippen molar-refractivity contribution in [2.24, 2.45) is 0 Å². The lowest BCUT2D eigenvalue weighted by Gasteiger charge is -2.23. The Labute approximate surface area is 94.1 Å². The van der Waals surface area contributed by atoms with Gasteiger partial charge in [0.15, 0.2) is 0 Å². The second-order valence-corrected chi connectivity index (χ2v) is 4.09. The van der Waals surface area contributed by atoms with Gasteiger partial charge in [-0.15, -0.1) is 0 Å². The number of ether oxygens (including phenoxy) is 2. The number of halogens is 1. The SMILES string of the molecule is Nc1cc(Cl)cc(OC2CCOCC2)c1. The first-order valence-corrected chi connectivity index (χ1v) is 5.42. The van der Waals surface area contributed by atoms with Gasteiger partial charge in [0, 0.05) is 29.6 Å². The Morgan fingerprint density at radius 1 is 1.27 bits per heavy atom. The number of hydrogen-bond acceptors (Lipinski definition) is 3. The molecule has 0 saturated carbocycles. The number of hydrogen-bond donors (Lipinski definition) is 1. The summed E-state index contributed by atoms with van der Waals surface area (Å²) in [5.41, 5.74) is 6.30. The molecule has 0 bridgehead atoms. The van der Waals surface area contributed by atoms with Crippen molar-refractivity contribution in [1.29, 1.82) is 0 Å². The van der Waals surface area contributed by atoms with E-state index in [-0.39, 0.29) is 6.10 Å². The molecule has 15 heavy (non-hydrogen) atoms. The highest BCUT2D eigenvalue weighted by atomic mass is 35.5. The van der Waals surface area contributed by atoms with Gasteiger partial charge in [0.1, 0.15) is 11.9 Å². The molecule has 0 aromatic heterocycles. The molecule has 1 aliphatic rings. The number of nitrogens with two attached hydrogens (primary N) is 1. The second kappa shape index (κ2) is 4.73. The van der Waals surface area contributed by atoms with Crippen molar-refractivity contribution < 1.29 is 9.47 Å². The molecule has 82 valence electrons. The van der Waals surface area contributed by atoms with Gasteiger partial charge < -0.3 is 15.2 Å². The summed E-state index contributed by atoms with van der Waals surface area (Å²) in [5, 5.41) is 0.608. The van der Waals surface area contributed by atoms with Crippen LogP contribution in [0.25, 0.3) is 0 Å². The van der Waals surface area contributed by atoms with Crippen LogP contribution in [0.15, 0.2) is 18.2 Å². The Morgan fingerprint density at radius 3 is 2.67 bits per heavy atom. The predicted octanol–water partition coefficient (Wildman–Crippen LogP) is 2.48. The lowest BCUT2D eigenvalue weighted by atomic mass is 10.1. The van der Waals surface area contributed by atoms with Crippen molar-refractivity contribution in [2.45, 2.75) is 18.9 Å². The van der Waals surface area contributed by atoms with Crippen LogP contribution < -0.4 is 10.5 Å². The molecule has 0 amide bonds. The first-order chi connectivity index (χ1) is 7.24. The summed E-state index contributed by atoms with van der Waals surface area (Å²) in [4.78, 5) is 0. The molecule has 1 aromatic carbocycles. The molecule has 0 atom stereocenters. The van der Waals surface area contributed by atoms with Crippen LogP contribution in [0.5, 0.6) is 5.75 Å². The third kappa shape index (κ3) is 3.01. The van der Waals surface area contributed by atoms with Gasteiger partial charge in [-0.25, -0.2) is 0 Å². The fourth-order valence-electron chi connectivity index (χ4n) is 1.64. The average Bonchev–Trinajstić information content (AvgIpc) is 2.17. The Bertz CT molecular complexity index is 317. The largest absolute Gasteiger partial charge is 0.490 e. The minimum atomic E-state index is 0.219. The van der Waals surface area contributed by atoms with Crippen LogP contribution in [0.1, 0.15) is 12.8 Å². The van der Waals surface area contributed by atoms with Crippen LogP contribution in [-0.2, 0) is 4.74 Å². The predicted molar refractivity (Wildman–Crippen MR) is 60.3 cm³/mol. The number of anilines is 1. The van der Waals surface area contributed by atoms with Crippen LogP contribution >= 0.6 is 11.6 Å². The van der Waals surface area contributed by atoms with E-state index >= 15 is 0 Å². The maximum Gasteiger partial charge on any atom is 0.123 e. The summed E-state index contributed by atoms with van der Waals surface area (Å²) < 4.78 is 11.0. The Hall–Kier alpha value is -0.930. The maximum atomic E-state index is 5.88. The average molecular weight is 228 g/mol. The van der Waals surface area contributed by atoms with Crippen molar-refractivity contribution in [3.05, 3.63) is 23.2 Å². The second-order valence-electron chi connectivity index (χ2n) is 3.65. The summed E-state index contributed by atoms with van der Waals surface area (Å²) in [7, 11) is 0. The van der Waals surface area contributed by atoms with Crippen molar-refractivity contribution in [1.82, 2.24) is 0 Å². The Kier molecular flexibility index (Phi) is 3.34. The van der Waals surface area contributed by atoms with Crippen LogP contribution in [-0.4, -0.2) is 19.3 Å². The molecule has 1 heterocycles. The minimum Gasteiger partial charge on any atom is -0.490 e. The van der Waals surface area contributed by atoms with E-state index in [1.165, 1.54) is 0 Å². The summed E-state index contributed by atoms with van der Waals surface area (Å²) in [6, 6.07) is 5.28. The maximum absolute atomic E-state index is 5.88. The van der Waals surface area contributed by atoms with E-state index in [9.17, 15) is 0 Å². The van der Waals surface area contributed by atoms with Crippen LogP contribution in [0.3, 0.4) is 0 Å². The first-order valence-electron chi connectivity index (χ1n) is 5.04. The highest BCUT2D eigenvalue weighted by Gasteiger charge is 2.15. The van der Waals surface area contributed by atoms with Crippen LogP contribution in [0.2, 0.25) is 5.02 Å². The van der Waals surface area contributed by atoms with Gasteiger partial charge in [0.05, 0.1) is 13.2 Å². The summed E-state index contributed by atoms with van der Waals surface area (Å²) >= 11 is 5.88. The molecule has 0 aliphatic carbocycles. The van der Waals surface area contributed by atoms with Crippen molar-refractivity contribution >= 4 is 17.3 Å². The standard InChI is InChI=1S/C11H14ClNO2/c12-8-5-9(13)7-11(6-8)15-10-1-3-14-4-2-10/h5-7,10H,1-4,13H2. The lowest BCUT2D eigenvalue weighted by Crippen LogP contribution is -2.25. The van der Waals surface area contributed by atoms with Gasteiger partial charge in [-0.05, 0) is 12.1 Å². The number of nitrogen functional groups attached to an aromatic ring is 1. The quantitative estimate of drug-likeness (QED) is 0.790. The smallest absolute Gasteiger partial charge is 0.123 e. The summed E-state index contributed by atoms with van der Waals surface area (Å²) in [6.07, 6.45) is 2.07. The molecule has 1 saturated heterocycles. The van der Waals surface area contributed by atoms with Gasteiger partial charge in [0.2, 0.25) is 0 Å². The topological polar surface area (TPSA) is 44.5 Å². The van der Waals surface area contributed by atoms with Crippen molar-refractivity contribution in [3.8, 4) is 5.75 Å². The highest BCUT2D eigenvalue weighted by Crippen LogP contribution is 2.25. The van der Waals surface area contributed by atoms with E-state index in [0.29, 0.717) is 10.7 Å². The molecule has 0 spiro atoms. The van der Waals surface area contributed by atoms with Crippen molar-refractivity contribution in [3.63, 3.8) is 0 Å². The van der Waals surface area contributed by atoms with Gasteiger partial charge >= 0.3 is 0 Å². The van der Waals surface area contributed by atoms with Gasteiger partial charge in [-0.2, -0.15) is 0 Å². The number of benzene rings is 1. The molecule has 1 aliphatic heterocycles. The molecular formula is C11H14ClNO2. The Morgan fingerprint density at radius 2 is 2.00 bits per heavy atom. The zero-order valence-electron chi connectivity index (χ0n) is 8.41. The fraction of sp³-hybridized carbons (Fsp3) is 0.455. The summed E-state index contributed by atoms with van der Waals surface area (Å²) in [5.74, 6) is 0.743. The third-order valence-corrected chi connectivity index (χ3v) is 2.58. The summed E-state index contributed by atoms with van der Waals surface area (Å²) in [6.45, 7) is 1.53. The minimum absolute atomic E-state index is 0.219. The first kappa shape index (κ1) is 10.6. The van der Waals surface area contributed by atoms with E-state index in [2.05, 4.69) is 0 Å². The zero-order valence-corrected chi connectivity index (χ0v) is 9.17. The molecule has 4 heteroatoms. The van der Waals surface area contributed by atoms with Crippen molar-refractivity contribution in [2.75, 3.05) is 18.9 Å². The molecule has 1 fully saturated rings. The highest BCUT2D eigenvalue weighted by molar-refractivity contribution is 6.31. The van der Waals surface area contributed by atoms with Gasteiger partial charge in [-0.3, -0.25) is 0 Å². The molecule has 0 unspecified atom stereocenters. The lowest BCUT2D eigenvalue weighted by molar-refractivity contribution is 0.0256. The zero-order chi connectivity index (χ0) is 10.7. The third-order valence-electron chi connectivity index (χ3n) is 2.36. The van der Waals surface area contributed by atoms with Gasteiger partial charge in [-0.1, -0.05) is 11.6 Å². The normalized spacial score (nSPS) is 17.7.